The number of halogens is 2. The van der Waals surface area contributed by atoms with E-state index in [4.69, 9.17) is 23.2 Å². The Kier molecular flexibility index (Phi) is 3.50. The molecule has 0 atom stereocenters. The molecule has 6 heteroatoms. The van der Waals surface area contributed by atoms with Gasteiger partial charge in [0.2, 0.25) is 0 Å². The summed E-state index contributed by atoms with van der Waals surface area (Å²) in [4.78, 5) is 16.8. The Balaban J connectivity index is 1.68. The number of hydrogen-bond donors (Lipinski definition) is 0. The summed E-state index contributed by atoms with van der Waals surface area (Å²) in [6.07, 6.45) is 2.63. The number of rotatable bonds is 2. The van der Waals surface area contributed by atoms with Crippen molar-refractivity contribution in [3.63, 3.8) is 0 Å². The zero-order valence-electron chi connectivity index (χ0n) is 10.9. The summed E-state index contributed by atoms with van der Waals surface area (Å²) in [5.74, 6) is 0.0201. The van der Waals surface area contributed by atoms with Gasteiger partial charge in [0, 0.05) is 39.3 Å². The second-order valence-corrected chi connectivity index (χ2v) is 6.05. The number of nitrogens with zero attached hydrogens (tertiary/aromatic N) is 3. The van der Waals surface area contributed by atoms with E-state index in [0.717, 1.165) is 32.2 Å². The minimum Gasteiger partial charge on any atom is -0.335 e. The summed E-state index contributed by atoms with van der Waals surface area (Å²) in [7, 11) is 1.77. The SMILES string of the molecule is Cn1c(C(=O)N2CCN(C3CC3)CC2)cc(Cl)c1Cl. The lowest BCUT2D eigenvalue weighted by atomic mass is 10.2. The molecule has 2 heterocycles. The maximum atomic E-state index is 12.4. The van der Waals surface area contributed by atoms with Gasteiger partial charge in [0.1, 0.15) is 10.8 Å². The van der Waals surface area contributed by atoms with Gasteiger partial charge in [-0.25, -0.2) is 0 Å². The van der Waals surface area contributed by atoms with Crippen LogP contribution in [-0.4, -0.2) is 52.5 Å². The minimum atomic E-state index is 0.0201. The van der Waals surface area contributed by atoms with Gasteiger partial charge in [-0.1, -0.05) is 23.2 Å². The van der Waals surface area contributed by atoms with Crippen LogP contribution >= 0.6 is 23.2 Å². The fourth-order valence-corrected chi connectivity index (χ4v) is 3.02. The Bertz CT molecular complexity index is 502. The summed E-state index contributed by atoms with van der Waals surface area (Å²) in [5.41, 5.74) is 0.565. The van der Waals surface area contributed by atoms with Gasteiger partial charge in [0.05, 0.1) is 5.02 Å². The number of amides is 1. The fourth-order valence-electron chi connectivity index (χ4n) is 2.64. The molecule has 1 aromatic heterocycles. The van der Waals surface area contributed by atoms with Crippen molar-refractivity contribution >= 4 is 29.1 Å². The molecule has 1 aromatic rings. The molecule has 2 fully saturated rings. The second-order valence-electron chi connectivity index (χ2n) is 5.29. The molecular weight excluding hydrogens is 285 g/mol. The Morgan fingerprint density at radius 2 is 1.84 bits per heavy atom. The third kappa shape index (κ3) is 2.49. The molecule has 1 saturated carbocycles. The van der Waals surface area contributed by atoms with Crippen molar-refractivity contribution in [2.45, 2.75) is 18.9 Å². The van der Waals surface area contributed by atoms with Crippen molar-refractivity contribution < 1.29 is 4.79 Å². The number of carbonyl (C=O) groups is 1. The highest BCUT2D eigenvalue weighted by Crippen LogP contribution is 2.29. The molecule has 0 bridgehead atoms. The smallest absolute Gasteiger partial charge is 0.270 e. The molecule has 0 spiro atoms. The van der Waals surface area contributed by atoms with E-state index in [9.17, 15) is 4.79 Å². The van der Waals surface area contributed by atoms with Gasteiger partial charge in [-0.3, -0.25) is 9.69 Å². The van der Waals surface area contributed by atoms with Crippen molar-refractivity contribution in [3.05, 3.63) is 21.9 Å². The summed E-state index contributed by atoms with van der Waals surface area (Å²) in [5, 5.41) is 0.853. The molecule has 19 heavy (non-hydrogen) atoms. The van der Waals surface area contributed by atoms with E-state index < -0.39 is 0 Å². The number of aromatic nitrogens is 1. The summed E-state index contributed by atoms with van der Waals surface area (Å²) in [6, 6.07) is 2.43. The molecule has 1 amide bonds. The summed E-state index contributed by atoms with van der Waals surface area (Å²) in [6.45, 7) is 3.52. The van der Waals surface area contributed by atoms with Crippen molar-refractivity contribution in [1.29, 1.82) is 0 Å². The lowest BCUT2D eigenvalue weighted by molar-refractivity contribution is 0.0618. The molecule has 0 aromatic carbocycles. The molecule has 4 nitrogen and oxygen atoms in total. The molecule has 2 aliphatic rings. The molecule has 0 N–H and O–H groups in total. The molecular formula is C13H17Cl2N3O. The van der Waals surface area contributed by atoms with E-state index in [0.29, 0.717) is 15.9 Å². The number of hydrogen-bond acceptors (Lipinski definition) is 2. The maximum absolute atomic E-state index is 12.4. The van der Waals surface area contributed by atoms with Crippen molar-refractivity contribution in [1.82, 2.24) is 14.4 Å². The highest BCUT2D eigenvalue weighted by Gasteiger charge is 2.33. The van der Waals surface area contributed by atoms with Gasteiger partial charge in [-0.05, 0) is 18.9 Å². The normalized spacial score (nSPS) is 20.9. The van der Waals surface area contributed by atoms with Crippen LogP contribution < -0.4 is 0 Å². The molecule has 3 rings (SSSR count). The average molecular weight is 302 g/mol. The quantitative estimate of drug-likeness (QED) is 0.838. The van der Waals surface area contributed by atoms with E-state index >= 15 is 0 Å². The highest BCUT2D eigenvalue weighted by molar-refractivity contribution is 6.41. The third-order valence-corrected chi connectivity index (χ3v) is 4.84. The van der Waals surface area contributed by atoms with Gasteiger partial charge in [-0.2, -0.15) is 0 Å². The Morgan fingerprint density at radius 1 is 1.21 bits per heavy atom. The standard InChI is InChI=1S/C13H17Cl2N3O/c1-16-11(8-10(14)12(16)15)13(19)18-6-4-17(5-7-18)9-2-3-9/h8-9H,2-7H2,1H3. The van der Waals surface area contributed by atoms with Crippen molar-refractivity contribution in [2.24, 2.45) is 7.05 Å². The largest absolute Gasteiger partial charge is 0.335 e. The van der Waals surface area contributed by atoms with Crippen LogP contribution in [0.2, 0.25) is 10.2 Å². The first-order valence-electron chi connectivity index (χ1n) is 6.62. The van der Waals surface area contributed by atoms with Crippen LogP contribution in [0, 0.1) is 0 Å². The van der Waals surface area contributed by atoms with Crippen LogP contribution in [0.15, 0.2) is 6.07 Å². The Labute approximate surface area is 122 Å². The van der Waals surface area contributed by atoms with Gasteiger partial charge < -0.3 is 9.47 Å². The van der Waals surface area contributed by atoms with Crippen LogP contribution in [0.25, 0.3) is 0 Å². The molecule has 0 unspecified atom stereocenters. The monoisotopic (exact) mass is 301 g/mol. The minimum absolute atomic E-state index is 0.0201. The van der Waals surface area contributed by atoms with Crippen LogP contribution in [0.1, 0.15) is 23.3 Å². The zero-order chi connectivity index (χ0) is 13.6. The average Bonchev–Trinajstić information content (AvgIpc) is 3.23. The highest BCUT2D eigenvalue weighted by atomic mass is 35.5. The Morgan fingerprint density at radius 3 is 2.32 bits per heavy atom. The first kappa shape index (κ1) is 13.3. The van der Waals surface area contributed by atoms with E-state index in [-0.39, 0.29) is 5.91 Å². The molecule has 104 valence electrons. The fraction of sp³-hybridized carbons (Fsp3) is 0.615. The summed E-state index contributed by atoms with van der Waals surface area (Å²) >= 11 is 12.0. The predicted octanol–water partition coefficient (Wildman–Crippen LogP) is 2.25. The first-order valence-corrected chi connectivity index (χ1v) is 7.37. The number of piperazine rings is 1. The third-order valence-electron chi connectivity index (χ3n) is 4.00. The van der Waals surface area contributed by atoms with Crippen LogP contribution in [0.4, 0.5) is 0 Å². The van der Waals surface area contributed by atoms with E-state index in [2.05, 4.69) is 4.90 Å². The Hall–Kier alpha value is -0.710. The van der Waals surface area contributed by atoms with E-state index in [1.807, 2.05) is 4.90 Å². The van der Waals surface area contributed by atoms with Gasteiger partial charge in [0.15, 0.2) is 0 Å². The lowest BCUT2D eigenvalue weighted by Gasteiger charge is -2.34. The van der Waals surface area contributed by atoms with Gasteiger partial charge >= 0.3 is 0 Å². The number of carbonyl (C=O) groups excluding carboxylic acids is 1. The summed E-state index contributed by atoms with van der Waals surface area (Å²) < 4.78 is 1.65. The molecule has 1 aliphatic carbocycles. The predicted molar refractivity (Wildman–Crippen MR) is 75.9 cm³/mol. The zero-order valence-corrected chi connectivity index (χ0v) is 12.4. The topological polar surface area (TPSA) is 28.5 Å². The first-order chi connectivity index (χ1) is 9.08. The van der Waals surface area contributed by atoms with Gasteiger partial charge in [-0.15, -0.1) is 0 Å². The van der Waals surface area contributed by atoms with E-state index in [1.54, 1.807) is 17.7 Å². The van der Waals surface area contributed by atoms with E-state index in [1.165, 1.54) is 12.8 Å². The molecule has 1 saturated heterocycles. The van der Waals surface area contributed by atoms with Crippen LogP contribution in [-0.2, 0) is 7.05 Å². The molecule has 0 radical (unpaired) electrons. The maximum Gasteiger partial charge on any atom is 0.270 e. The lowest BCUT2D eigenvalue weighted by Crippen LogP contribution is -2.49. The van der Waals surface area contributed by atoms with Crippen LogP contribution in [0.5, 0.6) is 0 Å². The molecule has 1 aliphatic heterocycles. The van der Waals surface area contributed by atoms with Crippen molar-refractivity contribution in [3.8, 4) is 0 Å². The second kappa shape index (κ2) is 5.00. The van der Waals surface area contributed by atoms with Gasteiger partial charge in [0.25, 0.3) is 5.91 Å². The van der Waals surface area contributed by atoms with Crippen molar-refractivity contribution in [2.75, 3.05) is 26.2 Å². The van der Waals surface area contributed by atoms with Crippen LogP contribution in [0.3, 0.4) is 0 Å².